The Kier molecular flexibility index (Phi) is 7.93. The van der Waals surface area contributed by atoms with Crippen molar-refractivity contribution < 1.29 is 31.1 Å². The number of carbonyl (C=O) groups excluding carboxylic acids is 1. The standard InChI is InChI=1S/C21H15Cl3F6N4O/c22-14-4-13(5-15(23)6-14)19(21(28,29)30)7-17(31-9-19)11-1-2-12(16(24)3-11)8-33-34-18(35)32-10-20(25,26)27/h1-6,8H,7,9-10H2,(H2,32,34,35)/b33-8+. The van der Waals surface area contributed by atoms with Gasteiger partial charge in [0, 0.05) is 27.7 Å². The molecule has 188 valence electrons. The molecule has 2 aromatic rings. The van der Waals surface area contributed by atoms with E-state index in [2.05, 4.69) is 10.1 Å². The second-order valence-electron chi connectivity index (χ2n) is 7.58. The minimum Gasteiger partial charge on any atom is -0.328 e. The van der Waals surface area contributed by atoms with Crippen LogP contribution in [0.2, 0.25) is 15.1 Å². The van der Waals surface area contributed by atoms with Crippen LogP contribution in [0.25, 0.3) is 0 Å². The highest BCUT2D eigenvalue weighted by atomic mass is 35.5. The lowest BCUT2D eigenvalue weighted by molar-refractivity contribution is -0.183. The normalized spacial score (nSPS) is 18.6. The van der Waals surface area contributed by atoms with Crippen LogP contribution < -0.4 is 10.7 Å². The number of nitrogens with one attached hydrogen (secondary N) is 2. The van der Waals surface area contributed by atoms with Crippen molar-refractivity contribution in [2.45, 2.75) is 24.2 Å². The third kappa shape index (κ3) is 6.59. The number of alkyl halides is 6. The van der Waals surface area contributed by atoms with Crippen molar-refractivity contribution in [3.63, 3.8) is 0 Å². The maximum absolute atomic E-state index is 14.2. The van der Waals surface area contributed by atoms with E-state index in [1.165, 1.54) is 36.4 Å². The predicted molar refractivity (Wildman–Crippen MR) is 122 cm³/mol. The monoisotopic (exact) mass is 558 g/mol. The lowest BCUT2D eigenvalue weighted by Crippen LogP contribution is -2.43. The molecule has 2 aromatic carbocycles. The van der Waals surface area contributed by atoms with Crippen LogP contribution >= 0.6 is 34.8 Å². The Labute approximate surface area is 210 Å². The van der Waals surface area contributed by atoms with Crippen molar-refractivity contribution in [2.24, 2.45) is 10.1 Å². The van der Waals surface area contributed by atoms with Crippen LogP contribution in [0.1, 0.15) is 23.1 Å². The number of urea groups is 1. The Hall–Kier alpha value is -2.50. The van der Waals surface area contributed by atoms with E-state index >= 15 is 0 Å². The van der Waals surface area contributed by atoms with E-state index in [4.69, 9.17) is 34.8 Å². The predicted octanol–water partition coefficient (Wildman–Crippen LogP) is 6.54. The quantitative estimate of drug-likeness (QED) is 0.244. The fourth-order valence-corrected chi connectivity index (χ4v) is 4.15. The van der Waals surface area contributed by atoms with Crippen molar-refractivity contribution in [3.05, 3.63) is 68.2 Å². The number of amides is 2. The lowest BCUT2D eigenvalue weighted by Gasteiger charge is -2.31. The van der Waals surface area contributed by atoms with E-state index in [0.717, 1.165) is 6.21 Å². The molecule has 2 N–H and O–H groups in total. The number of hydrogen-bond acceptors (Lipinski definition) is 3. The van der Waals surface area contributed by atoms with Gasteiger partial charge in [0.15, 0.2) is 0 Å². The van der Waals surface area contributed by atoms with Gasteiger partial charge >= 0.3 is 18.4 Å². The first-order valence-electron chi connectivity index (χ1n) is 9.70. The SMILES string of the molecule is O=C(NCC(F)(F)F)N/N=C/c1ccc(C2=NCC(c3cc(Cl)cc(Cl)c3)(C(F)(F)F)C2)cc1Cl. The van der Waals surface area contributed by atoms with Gasteiger partial charge in [-0.05, 0) is 35.4 Å². The van der Waals surface area contributed by atoms with E-state index in [0.29, 0.717) is 5.56 Å². The summed E-state index contributed by atoms with van der Waals surface area (Å²) in [7, 11) is 0. The number of benzene rings is 2. The average Bonchev–Trinajstić information content (AvgIpc) is 3.19. The van der Waals surface area contributed by atoms with E-state index in [9.17, 15) is 31.1 Å². The first kappa shape index (κ1) is 27.1. The van der Waals surface area contributed by atoms with Crippen LogP contribution in [-0.4, -0.2) is 43.4 Å². The summed E-state index contributed by atoms with van der Waals surface area (Å²) in [4.78, 5) is 15.4. The van der Waals surface area contributed by atoms with Crippen LogP contribution in [0.15, 0.2) is 46.5 Å². The fourth-order valence-electron chi connectivity index (χ4n) is 3.39. The van der Waals surface area contributed by atoms with E-state index in [1.54, 1.807) is 5.32 Å². The summed E-state index contributed by atoms with van der Waals surface area (Å²) < 4.78 is 78.9. The van der Waals surface area contributed by atoms with Crippen molar-refractivity contribution in [2.75, 3.05) is 13.1 Å². The van der Waals surface area contributed by atoms with E-state index in [1.807, 2.05) is 5.43 Å². The number of carbonyl (C=O) groups is 1. The fraction of sp³-hybridized carbons (Fsp3) is 0.286. The van der Waals surface area contributed by atoms with Gasteiger partial charge in [0.05, 0.1) is 17.8 Å². The average molecular weight is 560 g/mol. The molecular formula is C21H15Cl3F6N4O. The Bertz CT molecular complexity index is 1160. The Morgan fingerprint density at radius 3 is 2.29 bits per heavy atom. The molecule has 0 saturated heterocycles. The van der Waals surface area contributed by atoms with Gasteiger partial charge in [-0.15, -0.1) is 0 Å². The van der Waals surface area contributed by atoms with E-state index < -0.39 is 43.3 Å². The zero-order valence-electron chi connectivity index (χ0n) is 17.4. The van der Waals surface area contributed by atoms with E-state index in [-0.39, 0.29) is 31.9 Å². The zero-order valence-corrected chi connectivity index (χ0v) is 19.6. The minimum absolute atomic E-state index is 0.0666. The van der Waals surface area contributed by atoms with Gasteiger partial charge in [0.25, 0.3) is 0 Å². The first-order chi connectivity index (χ1) is 16.2. The summed E-state index contributed by atoms with van der Waals surface area (Å²) in [5.41, 5.74) is 0.172. The molecule has 3 rings (SSSR count). The number of hydrazone groups is 1. The van der Waals surface area contributed by atoms with Gasteiger partial charge in [-0.3, -0.25) is 4.99 Å². The molecule has 0 radical (unpaired) electrons. The summed E-state index contributed by atoms with van der Waals surface area (Å²) >= 11 is 18.0. The summed E-state index contributed by atoms with van der Waals surface area (Å²) in [5.74, 6) is 0. The Balaban J connectivity index is 1.75. The van der Waals surface area contributed by atoms with Crippen LogP contribution in [0.3, 0.4) is 0 Å². The summed E-state index contributed by atoms with van der Waals surface area (Å²) in [6, 6.07) is 6.84. The summed E-state index contributed by atoms with van der Waals surface area (Å²) in [6.45, 7) is -2.10. The number of halogens is 9. The molecule has 1 unspecified atom stereocenters. The molecule has 0 saturated carbocycles. The van der Waals surface area contributed by atoms with Crippen molar-refractivity contribution in [3.8, 4) is 0 Å². The molecular weight excluding hydrogens is 545 g/mol. The number of rotatable bonds is 5. The summed E-state index contributed by atoms with van der Waals surface area (Å²) in [5, 5.41) is 5.27. The Morgan fingerprint density at radius 1 is 1.06 bits per heavy atom. The second-order valence-corrected chi connectivity index (χ2v) is 8.86. The van der Waals surface area contributed by atoms with Gasteiger partial charge in [0.1, 0.15) is 12.0 Å². The first-order valence-corrected chi connectivity index (χ1v) is 10.8. The van der Waals surface area contributed by atoms with Gasteiger partial charge in [0.2, 0.25) is 0 Å². The minimum atomic E-state index is -4.65. The number of nitrogens with zero attached hydrogens (tertiary/aromatic N) is 2. The largest absolute Gasteiger partial charge is 0.405 e. The molecule has 5 nitrogen and oxygen atoms in total. The molecule has 1 heterocycles. The molecule has 0 spiro atoms. The Morgan fingerprint density at radius 2 is 1.71 bits per heavy atom. The smallest absolute Gasteiger partial charge is 0.328 e. The molecule has 1 aliphatic heterocycles. The highest BCUT2D eigenvalue weighted by Gasteiger charge is 2.58. The van der Waals surface area contributed by atoms with Gasteiger partial charge in [-0.25, -0.2) is 10.2 Å². The molecule has 2 amide bonds. The third-order valence-corrected chi connectivity index (χ3v) is 5.88. The highest BCUT2D eigenvalue weighted by molar-refractivity contribution is 6.35. The maximum atomic E-state index is 14.2. The van der Waals surface area contributed by atoms with Crippen LogP contribution in [0.5, 0.6) is 0 Å². The maximum Gasteiger partial charge on any atom is 0.405 e. The molecule has 0 fully saturated rings. The topological polar surface area (TPSA) is 65.8 Å². The zero-order chi connectivity index (χ0) is 26.0. The molecule has 0 bridgehead atoms. The molecule has 35 heavy (non-hydrogen) atoms. The van der Waals surface area contributed by atoms with Gasteiger partial charge in [-0.1, -0.05) is 46.9 Å². The van der Waals surface area contributed by atoms with Crippen LogP contribution in [-0.2, 0) is 5.41 Å². The third-order valence-electron chi connectivity index (χ3n) is 5.12. The van der Waals surface area contributed by atoms with Gasteiger partial charge < -0.3 is 5.32 Å². The van der Waals surface area contributed by atoms with Crippen molar-refractivity contribution in [1.82, 2.24) is 10.7 Å². The van der Waals surface area contributed by atoms with Crippen LogP contribution in [0, 0.1) is 0 Å². The van der Waals surface area contributed by atoms with Crippen LogP contribution in [0.4, 0.5) is 31.1 Å². The summed E-state index contributed by atoms with van der Waals surface area (Å²) in [6.07, 6.45) is -8.63. The van der Waals surface area contributed by atoms with Gasteiger partial charge in [-0.2, -0.15) is 31.4 Å². The number of hydrogen-bond donors (Lipinski definition) is 2. The molecule has 0 aromatic heterocycles. The molecule has 14 heteroatoms. The number of aliphatic imine (C=N–C) groups is 1. The van der Waals surface area contributed by atoms with Crippen molar-refractivity contribution >= 4 is 52.8 Å². The molecule has 1 atom stereocenters. The lowest BCUT2D eigenvalue weighted by atomic mass is 9.76. The highest BCUT2D eigenvalue weighted by Crippen LogP contribution is 2.48. The molecule has 1 aliphatic rings. The van der Waals surface area contributed by atoms with Crippen molar-refractivity contribution in [1.29, 1.82) is 0 Å². The second kappa shape index (κ2) is 10.2. The molecule has 0 aliphatic carbocycles.